The summed E-state index contributed by atoms with van der Waals surface area (Å²) < 4.78 is 4.95. The van der Waals surface area contributed by atoms with Crippen LogP contribution in [0.25, 0.3) is 0 Å². The van der Waals surface area contributed by atoms with Crippen LogP contribution in [0.1, 0.15) is 41.5 Å². The molecule has 0 fully saturated rings. The summed E-state index contributed by atoms with van der Waals surface area (Å²) in [7, 11) is 1.53. The smallest absolute Gasteiger partial charge is 0.322 e. The summed E-state index contributed by atoms with van der Waals surface area (Å²) in [5, 5.41) is 12.3. The number of aromatic nitrogens is 6. The maximum Gasteiger partial charge on any atom is 0.322 e. The quantitative estimate of drug-likeness (QED) is 0.471. The molecule has 29 heavy (non-hydrogen) atoms. The Balaban J connectivity index is 0.000000291. The molecule has 0 unspecified atom stereocenters. The second-order valence-corrected chi connectivity index (χ2v) is 6.72. The van der Waals surface area contributed by atoms with Gasteiger partial charge in [0.2, 0.25) is 29.1 Å². The van der Waals surface area contributed by atoms with Crippen molar-refractivity contribution in [1.82, 2.24) is 29.9 Å². The van der Waals surface area contributed by atoms with Crippen LogP contribution in [0.2, 0.25) is 5.28 Å². The van der Waals surface area contributed by atoms with E-state index in [0.29, 0.717) is 29.8 Å². The number of hydrogen-bond donors (Lipinski definition) is 4. The summed E-state index contributed by atoms with van der Waals surface area (Å²) in [6.45, 7) is 13.5. The van der Waals surface area contributed by atoms with Gasteiger partial charge in [0.15, 0.2) is 0 Å². The van der Waals surface area contributed by atoms with Crippen molar-refractivity contribution < 1.29 is 4.74 Å². The van der Waals surface area contributed by atoms with Crippen molar-refractivity contribution in [1.29, 1.82) is 0 Å². The summed E-state index contributed by atoms with van der Waals surface area (Å²) in [6.07, 6.45) is 0. The summed E-state index contributed by atoms with van der Waals surface area (Å²) in [4.78, 5) is 24.3. The van der Waals surface area contributed by atoms with Gasteiger partial charge < -0.3 is 26.0 Å². The number of methoxy groups -OCH3 is 1. The van der Waals surface area contributed by atoms with Gasteiger partial charge in [-0.3, -0.25) is 0 Å². The highest BCUT2D eigenvalue weighted by molar-refractivity contribution is 6.28. The Bertz CT molecular complexity index is 692. The van der Waals surface area contributed by atoms with E-state index in [1.807, 2.05) is 41.5 Å². The number of halogens is 1. The van der Waals surface area contributed by atoms with E-state index in [1.54, 1.807) is 0 Å². The highest BCUT2D eigenvalue weighted by Gasteiger charge is 2.06. The molecule has 0 saturated carbocycles. The number of anilines is 4. The molecule has 0 bridgehead atoms. The molecule has 0 aliphatic carbocycles. The first kappa shape index (κ1) is 24.3. The zero-order chi connectivity index (χ0) is 21.8. The lowest BCUT2D eigenvalue weighted by Crippen LogP contribution is -2.17. The SMILES string of the molecule is CC(C)Nc1nc(Cl)nc(NC(C)C)n1.CCNc1nc(NCC)nc(OC)n1. The fourth-order valence-electron chi connectivity index (χ4n) is 1.92. The molecular weight excluding hydrogens is 396 g/mol. The minimum absolute atomic E-state index is 0.191. The molecule has 0 atom stereocenters. The van der Waals surface area contributed by atoms with Crippen LogP contribution < -0.4 is 26.0 Å². The van der Waals surface area contributed by atoms with E-state index in [4.69, 9.17) is 16.3 Å². The first-order chi connectivity index (χ1) is 13.8. The number of nitrogens with zero attached hydrogens (tertiary/aromatic N) is 6. The van der Waals surface area contributed by atoms with E-state index in [0.717, 1.165) is 13.1 Å². The van der Waals surface area contributed by atoms with Crippen molar-refractivity contribution in [2.75, 3.05) is 41.5 Å². The molecular formula is C17H31ClN10O. The van der Waals surface area contributed by atoms with Crippen molar-refractivity contribution >= 4 is 35.4 Å². The molecule has 4 N–H and O–H groups in total. The average Bonchev–Trinajstić information content (AvgIpc) is 2.61. The van der Waals surface area contributed by atoms with Crippen LogP contribution in [0.15, 0.2) is 0 Å². The normalized spacial score (nSPS) is 10.3. The number of hydrogen-bond acceptors (Lipinski definition) is 11. The van der Waals surface area contributed by atoms with Crippen LogP contribution in [-0.4, -0.2) is 62.2 Å². The summed E-state index contributed by atoms with van der Waals surface area (Å²) in [6, 6.07) is 0.831. The predicted molar refractivity (Wildman–Crippen MR) is 117 cm³/mol. The number of ether oxygens (including phenoxy) is 1. The molecule has 0 saturated heterocycles. The number of nitrogens with one attached hydrogen (secondary N) is 4. The van der Waals surface area contributed by atoms with Crippen molar-refractivity contribution in [3.05, 3.63) is 5.28 Å². The molecule has 0 radical (unpaired) electrons. The topological polar surface area (TPSA) is 135 Å². The zero-order valence-corrected chi connectivity index (χ0v) is 18.8. The largest absolute Gasteiger partial charge is 0.467 e. The maximum atomic E-state index is 5.77. The minimum atomic E-state index is 0.191. The Labute approximate surface area is 176 Å². The van der Waals surface area contributed by atoms with Crippen molar-refractivity contribution in [3.8, 4) is 6.01 Å². The summed E-state index contributed by atoms with van der Waals surface area (Å²) in [5.74, 6) is 2.03. The van der Waals surface area contributed by atoms with E-state index < -0.39 is 0 Å². The molecule has 2 aromatic rings. The molecule has 2 heterocycles. The van der Waals surface area contributed by atoms with E-state index >= 15 is 0 Å². The first-order valence-electron chi connectivity index (χ1n) is 9.49. The molecule has 0 amide bonds. The molecule has 0 spiro atoms. The lowest BCUT2D eigenvalue weighted by molar-refractivity contribution is 0.379. The lowest BCUT2D eigenvalue weighted by Gasteiger charge is -2.11. The fraction of sp³-hybridized carbons (Fsp3) is 0.647. The van der Waals surface area contributed by atoms with Gasteiger partial charge in [-0.05, 0) is 53.1 Å². The van der Waals surface area contributed by atoms with Gasteiger partial charge in [0.1, 0.15) is 0 Å². The van der Waals surface area contributed by atoms with E-state index in [2.05, 4.69) is 51.2 Å². The Morgan fingerprint density at radius 1 is 0.724 bits per heavy atom. The van der Waals surface area contributed by atoms with Crippen LogP contribution in [-0.2, 0) is 0 Å². The van der Waals surface area contributed by atoms with E-state index in [-0.39, 0.29) is 17.4 Å². The predicted octanol–water partition coefficient (Wildman–Crippen LogP) is 2.91. The summed E-state index contributed by atoms with van der Waals surface area (Å²) in [5.41, 5.74) is 0. The van der Waals surface area contributed by atoms with Gasteiger partial charge in [0.25, 0.3) is 0 Å². The second kappa shape index (κ2) is 12.7. The standard InChI is InChI=1S/C9H16ClN5.C8H15N5O/c1-5(2)11-8-13-7(10)14-9(15-8)12-6(3)4;1-4-9-6-11-7(10-5-2)13-8(12-6)14-3/h5-6H,1-4H3,(H2,11,12,13,14,15);4-5H2,1-3H3,(H2,9,10,11,12,13). The third-order valence-electron chi connectivity index (χ3n) is 2.91. The van der Waals surface area contributed by atoms with E-state index in [9.17, 15) is 0 Å². The minimum Gasteiger partial charge on any atom is -0.467 e. The Morgan fingerprint density at radius 2 is 1.14 bits per heavy atom. The number of rotatable bonds is 9. The average molecular weight is 427 g/mol. The molecule has 0 aliphatic rings. The second-order valence-electron chi connectivity index (χ2n) is 6.38. The zero-order valence-electron chi connectivity index (χ0n) is 18.0. The maximum absolute atomic E-state index is 5.77. The van der Waals surface area contributed by atoms with Crippen LogP contribution in [0.4, 0.5) is 23.8 Å². The molecule has 2 rings (SSSR count). The van der Waals surface area contributed by atoms with Crippen LogP contribution in [0, 0.1) is 0 Å². The Hall–Kier alpha value is -2.69. The molecule has 11 nitrogen and oxygen atoms in total. The van der Waals surface area contributed by atoms with Gasteiger partial charge >= 0.3 is 6.01 Å². The molecule has 0 aromatic carbocycles. The van der Waals surface area contributed by atoms with Gasteiger partial charge in [0, 0.05) is 25.2 Å². The Kier molecular flexibility index (Phi) is 10.7. The van der Waals surface area contributed by atoms with Crippen LogP contribution in [0.5, 0.6) is 6.01 Å². The lowest BCUT2D eigenvalue weighted by atomic mass is 10.4. The Morgan fingerprint density at radius 3 is 1.48 bits per heavy atom. The van der Waals surface area contributed by atoms with Gasteiger partial charge in [-0.1, -0.05) is 0 Å². The molecule has 162 valence electrons. The van der Waals surface area contributed by atoms with E-state index in [1.165, 1.54) is 7.11 Å². The highest BCUT2D eigenvalue weighted by Crippen LogP contribution is 2.11. The van der Waals surface area contributed by atoms with Crippen molar-refractivity contribution in [3.63, 3.8) is 0 Å². The molecule has 12 heteroatoms. The molecule has 0 aliphatic heterocycles. The van der Waals surface area contributed by atoms with Gasteiger partial charge in [-0.15, -0.1) is 0 Å². The van der Waals surface area contributed by atoms with Crippen molar-refractivity contribution in [2.45, 2.75) is 53.6 Å². The summed E-state index contributed by atoms with van der Waals surface area (Å²) >= 11 is 5.77. The van der Waals surface area contributed by atoms with Crippen molar-refractivity contribution in [2.24, 2.45) is 0 Å². The van der Waals surface area contributed by atoms with Crippen LogP contribution >= 0.6 is 11.6 Å². The fourth-order valence-corrected chi connectivity index (χ4v) is 2.08. The van der Waals surface area contributed by atoms with Gasteiger partial charge in [0.05, 0.1) is 7.11 Å². The van der Waals surface area contributed by atoms with Gasteiger partial charge in [-0.25, -0.2) is 0 Å². The highest BCUT2D eigenvalue weighted by atomic mass is 35.5. The third kappa shape index (κ3) is 9.88. The monoisotopic (exact) mass is 426 g/mol. The van der Waals surface area contributed by atoms with Crippen LogP contribution in [0.3, 0.4) is 0 Å². The first-order valence-corrected chi connectivity index (χ1v) is 9.87. The molecule has 2 aromatic heterocycles. The third-order valence-corrected chi connectivity index (χ3v) is 3.08. The van der Waals surface area contributed by atoms with Gasteiger partial charge in [-0.2, -0.15) is 29.9 Å².